The molecule has 0 aliphatic rings. The maximum atomic E-state index is 5.70. The Labute approximate surface area is 115 Å². The van der Waals surface area contributed by atoms with Gasteiger partial charge in [-0.3, -0.25) is 0 Å². The van der Waals surface area contributed by atoms with Crippen molar-refractivity contribution >= 4 is 0 Å². The van der Waals surface area contributed by atoms with Gasteiger partial charge in [0.2, 0.25) is 0 Å². The summed E-state index contributed by atoms with van der Waals surface area (Å²) in [7, 11) is 0. The van der Waals surface area contributed by atoms with E-state index in [1.165, 1.54) is 38.5 Å². The molecule has 0 amide bonds. The highest BCUT2D eigenvalue weighted by molar-refractivity contribution is 4.69. The molecular weight excluding hydrogens is 222 g/mol. The zero-order valence-corrected chi connectivity index (χ0v) is 13.6. The summed E-state index contributed by atoms with van der Waals surface area (Å²) in [6, 6.07) is 0. The molecule has 0 unspecified atom stereocenters. The maximum absolute atomic E-state index is 5.70. The second-order valence-electron chi connectivity index (χ2n) is 7.26. The standard InChI is InChI=1S/C16H35NO/c1-15(2,3)17-13-11-9-7-8-10-12-14-18-16(4,5)6/h17H,7-14H2,1-6H3. The number of ether oxygens (including phenoxy) is 1. The molecule has 2 nitrogen and oxygen atoms in total. The van der Waals surface area contributed by atoms with Crippen LogP contribution in [0.3, 0.4) is 0 Å². The quantitative estimate of drug-likeness (QED) is 0.613. The maximum Gasteiger partial charge on any atom is 0.0598 e. The van der Waals surface area contributed by atoms with E-state index in [4.69, 9.17) is 4.74 Å². The molecule has 0 rings (SSSR count). The molecule has 0 saturated heterocycles. The van der Waals surface area contributed by atoms with E-state index in [9.17, 15) is 0 Å². The van der Waals surface area contributed by atoms with E-state index in [0.29, 0.717) is 0 Å². The first-order chi connectivity index (χ1) is 8.21. The van der Waals surface area contributed by atoms with E-state index in [1.54, 1.807) is 0 Å². The van der Waals surface area contributed by atoms with Crippen LogP contribution in [-0.2, 0) is 4.74 Å². The van der Waals surface area contributed by atoms with Gasteiger partial charge in [-0.1, -0.05) is 25.7 Å². The fraction of sp³-hybridized carbons (Fsp3) is 1.00. The molecule has 110 valence electrons. The summed E-state index contributed by atoms with van der Waals surface area (Å²) in [5.74, 6) is 0. The van der Waals surface area contributed by atoms with Crippen molar-refractivity contribution in [3.05, 3.63) is 0 Å². The number of nitrogens with one attached hydrogen (secondary N) is 1. The molecule has 2 heteroatoms. The fourth-order valence-electron chi connectivity index (χ4n) is 1.78. The molecule has 0 atom stereocenters. The molecule has 0 aromatic carbocycles. The molecule has 0 aliphatic carbocycles. The number of hydrogen-bond donors (Lipinski definition) is 1. The van der Waals surface area contributed by atoms with Crippen molar-refractivity contribution in [2.45, 2.75) is 91.2 Å². The monoisotopic (exact) mass is 257 g/mol. The highest BCUT2D eigenvalue weighted by Crippen LogP contribution is 2.10. The minimum Gasteiger partial charge on any atom is -0.376 e. The summed E-state index contributed by atoms with van der Waals surface area (Å²) < 4.78 is 5.70. The first kappa shape index (κ1) is 17.9. The molecule has 1 N–H and O–H groups in total. The average molecular weight is 257 g/mol. The Balaban J connectivity index is 3.13. The lowest BCUT2D eigenvalue weighted by molar-refractivity contribution is -0.00475. The Hall–Kier alpha value is -0.0800. The summed E-state index contributed by atoms with van der Waals surface area (Å²) in [5.41, 5.74) is 0.295. The zero-order chi connectivity index (χ0) is 14.1. The van der Waals surface area contributed by atoms with E-state index in [-0.39, 0.29) is 11.1 Å². The number of hydrogen-bond acceptors (Lipinski definition) is 2. The number of unbranched alkanes of at least 4 members (excludes halogenated alkanes) is 5. The summed E-state index contributed by atoms with van der Waals surface area (Å²) in [6.07, 6.45) is 7.88. The number of rotatable bonds is 9. The first-order valence-corrected chi connectivity index (χ1v) is 7.60. The van der Waals surface area contributed by atoms with Gasteiger partial charge in [-0.05, 0) is 60.9 Å². The van der Waals surface area contributed by atoms with Gasteiger partial charge < -0.3 is 10.1 Å². The molecule has 0 fully saturated rings. The topological polar surface area (TPSA) is 21.3 Å². The Bertz CT molecular complexity index is 166. The SMILES string of the molecule is CC(C)(C)NCCCCCCCCOC(C)(C)C. The van der Waals surface area contributed by atoms with Crippen molar-refractivity contribution in [3.63, 3.8) is 0 Å². The minimum absolute atomic E-state index is 0.0264. The fourth-order valence-corrected chi connectivity index (χ4v) is 1.78. The largest absolute Gasteiger partial charge is 0.376 e. The molecule has 0 radical (unpaired) electrons. The Kier molecular flexibility index (Phi) is 8.89. The Morgan fingerprint density at radius 1 is 0.722 bits per heavy atom. The Morgan fingerprint density at radius 2 is 1.22 bits per heavy atom. The second kappa shape index (κ2) is 8.92. The first-order valence-electron chi connectivity index (χ1n) is 7.60. The van der Waals surface area contributed by atoms with Crippen LogP contribution in [0.4, 0.5) is 0 Å². The minimum atomic E-state index is 0.0264. The molecule has 0 bridgehead atoms. The van der Waals surface area contributed by atoms with Crippen LogP contribution >= 0.6 is 0 Å². The smallest absolute Gasteiger partial charge is 0.0598 e. The van der Waals surface area contributed by atoms with Crippen LogP contribution < -0.4 is 5.32 Å². The molecule has 0 saturated carbocycles. The normalized spacial score (nSPS) is 13.0. The third kappa shape index (κ3) is 15.9. The molecule has 0 aliphatic heterocycles. The van der Waals surface area contributed by atoms with Crippen molar-refractivity contribution in [3.8, 4) is 0 Å². The summed E-state index contributed by atoms with van der Waals surface area (Å²) in [4.78, 5) is 0. The van der Waals surface area contributed by atoms with Crippen molar-refractivity contribution in [1.82, 2.24) is 5.32 Å². The van der Waals surface area contributed by atoms with E-state index in [1.807, 2.05) is 0 Å². The molecular formula is C16H35NO. The molecule has 0 spiro atoms. The van der Waals surface area contributed by atoms with Crippen LogP contribution in [0.15, 0.2) is 0 Å². The van der Waals surface area contributed by atoms with Crippen molar-refractivity contribution in [2.24, 2.45) is 0 Å². The van der Waals surface area contributed by atoms with Crippen molar-refractivity contribution in [1.29, 1.82) is 0 Å². The highest BCUT2D eigenvalue weighted by Gasteiger charge is 2.08. The summed E-state index contributed by atoms with van der Waals surface area (Å²) in [5, 5.41) is 3.53. The lowest BCUT2D eigenvalue weighted by Crippen LogP contribution is -2.36. The van der Waals surface area contributed by atoms with E-state index in [0.717, 1.165) is 13.2 Å². The van der Waals surface area contributed by atoms with Gasteiger partial charge >= 0.3 is 0 Å². The predicted molar refractivity (Wildman–Crippen MR) is 81.2 cm³/mol. The van der Waals surface area contributed by atoms with Crippen molar-refractivity contribution < 1.29 is 4.74 Å². The van der Waals surface area contributed by atoms with Gasteiger partial charge in [0.15, 0.2) is 0 Å². The zero-order valence-electron chi connectivity index (χ0n) is 13.6. The summed E-state index contributed by atoms with van der Waals surface area (Å²) >= 11 is 0. The van der Waals surface area contributed by atoms with E-state index >= 15 is 0 Å². The third-order valence-corrected chi connectivity index (χ3v) is 2.76. The van der Waals surface area contributed by atoms with Gasteiger partial charge in [-0.25, -0.2) is 0 Å². The highest BCUT2D eigenvalue weighted by atomic mass is 16.5. The lowest BCUT2D eigenvalue weighted by Gasteiger charge is -2.20. The summed E-state index contributed by atoms with van der Waals surface area (Å²) in [6.45, 7) is 15.1. The van der Waals surface area contributed by atoms with E-state index in [2.05, 4.69) is 46.9 Å². The van der Waals surface area contributed by atoms with Gasteiger partial charge in [0.05, 0.1) is 5.60 Å². The van der Waals surface area contributed by atoms with Gasteiger partial charge in [-0.2, -0.15) is 0 Å². The van der Waals surface area contributed by atoms with Crippen LogP contribution in [0.5, 0.6) is 0 Å². The van der Waals surface area contributed by atoms with E-state index < -0.39 is 0 Å². The van der Waals surface area contributed by atoms with Gasteiger partial charge in [0.1, 0.15) is 0 Å². The van der Waals surface area contributed by atoms with Crippen LogP contribution in [0.25, 0.3) is 0 Å². The van der Waals surface area contributed by atoms with Crippen LogP contribution in [0.1, 0.15) is 80.1 Å². The average Bonchev–Trinajstić information content (AvgIpc) is 2.17. The third-order valence-electron chi connectivity index (χ3n) is 2.76. The Morgan fingerprint density at radius 3 is 1.72 bits per heavy atom. The van der Waals surface area contributed by atoms with Crippen molar-refractivity contribution in [2.75, 3.05) is 13.2 Å². The van der Waals surface area contributed by atoms with Gasteiger partial charge in [0, 0.05) is 12.1 Å². The predicted octanol–water partition coefficient (Wildman–Crippen LogP) is 4.53. The molecule has 18 heavy (non-hydrogen) atoms. The molecule has 0 aromatic heterocycles. The van der Waals surface area contributed by atoms with Gasteiger partial charge in [-0.15, -0.1) is 0 Å². The molecule has 0 aromatic rings. The van der Waals surface area contributed by atoms with Crippen LogP contribution in [0.2, 0.25) is 0 Å². The lowest BCUT2D eigenvalue weighted by atomic mass is 10.1. The molecule has 0 heterocycles. The van der Waals surface area contributed by atoms with Crippen LogP contribution in [0, 0.1) is 0 Å². The van der Waals surface area contributed by atoms with Crippen LogP contribution in [-0.4, -0.2) is 24.3 Å². The second-order valence-corrected chi connectivity index (χ2v) is 7.26. The van der Waals surface area contributed by atoms with Gasteiger partial charge in [0.25, 0.3) is 0 Å².